The van der Waals surface area contributed by atoms with E-state index in [9.17, 15) is 0 Å². The molecule has 2 rings (SSSR count). The van der Waals surface area contributed by atoms with E-state index in [0.717, 1.165) is 12.1 Å². The van der Waals surface area contributed by atoms with Gasteiger partial charge in [-0.25, -0.2) is 0 Å². The summed E-state index contributed by atoms with van der Waals surface area (Å²) in [6.07, 6.45) is 1.30. The second kappa shape index (κ2) is 7.21. The molecule has 2 heterocycles. The molecule has 0 aliphatic carbocycles. The highest BCUT2D eigenvalue weighted by Crippen LogP contribution is 2.17. The Morgan fingerprint density at radius 3 is 2.15 bits per heavy atom. The van der Waals surface area contributed by atoms with Crippen molar-refractivity contribution in [3.05, 3.63) is 0 Å². The summed E-state index contributed by atoms with van der Waals surface area (Å²) >= 11 is 0. The Morgan fingerprint density at radius 1 is 1.00 bits per heavy atom. The third-order valence-corrected chi connectivity index (χ3v) is 5.30. The van der Waals surface area contributed by atoms with Gasteiger partial charge in [-0.15, -0.1) is 0 Å². The molecule has 20 heavy (non-hydrogen) atoms. The van der Waals surface area contributed by atoms with Gasteiger partial charge in [-0.2, -0.15) is 0 Å². The van der Waals surface area contributed by atoms with E-state index in [-0.39, 0.29) is 0 Å². The standard InChI is InChI=1S/C16H34N4/c1-14(2)20-12-16(13-20)18(5)7-6-15(3)19-10-8-17(4)9-11-19/h14-16H,6-13H2,1-5H3. The van der Waals surface area contributed by atoms with Crippen molar-refractivity contribution in [3.63, 3.8) is 0 Å². The normalized spacial score (nSPS) is 25.4. The molecule has 0 radical (unpaired) electrons. The Labute approximate surface area is 125 Å². The quantitative estimate of drug-likeness (QED) is 0.721. The number of hydrogen-bond donors (Lipinski definition) is 0. The maximum atomic E-state index is 2.66. The molecule has 2 aliphatic heterocycles. The van der Waals surface area contributed by atoms with Crippen molar-refractivity contribution < 1.29 is 0 Å². The molecule has 118 valence electrons. The minimum absolute atomic E-state index is 0.712. The summed E-state index contributed by atoms with van der Waals surface area (Å²) in [4.78, 5) is 10.2. The lowest BCUT2D eigenvalue weighted by atomic mass is 10.0. The van der Waals surface area contributed by atoms with Crippen LogP contribution in [-0.4, -0.2) is 97.6 Å². The van der Waals surface area contributed by atoms with Gasteiger partial charge in [0.2, 0.25) is 0 Å². The minimum Gasteiger partial charge on any atom is -0.304 e. The van der Waals surface area contributed by atoms with Crippen LogP contribution >= 0.6 is 0 Å². The first-order valence-corrected chi connectivity index (χ1v) is 8.34. The molecule has 1 unspecified atom stereocenters. The van der Waals surface area contributed by atoms with Crippen LogP contribution in [0, 0.1) is 0 Å². The zero-order valence-corrected chi connectivity index (χ0v) is 14.2. The molecule has 4 heteroatoms. The van der Waals surface area contributed by atoms with Crippen molar-refractivity contribution in [1.29, 1.82) is 0 Å². The van der Waals surface area contributed by atoms with Gasteiger partial charge in [0.25, 0.3) is 0 Å². The van der Waals surface area contributed by atoms with Crippen LogP contribution in [0.15, 0.2) is 0 Å². The number of rotatable bonds is 6. The molecule has 0 N–H and O–H groups in total. The molecule has 0 amide bonds. The van der Waals surface area contributed by atoms with Crippen molar-refractivity contribution in [2.24, 2.45) is 0 Å². The van der Waals surface area contributed by atoms with Gasteiger partial charge in [0.05, 0.1) is 0 Å². The Hall–Kier alpha value is -0.160. The van der Waals surface area contributed by atoms with Crippen LogP contribution in [0.2, 0.25) is 0 Å². The van der Waals surface area contributed by atoms with Crippen molar-refractivity contribution in [3.8, 4) is 0 Å². The van der Waals surface area contributed by atoms with E-state index in [1.54, 1.807) is 0 Å². The highest BCUT2D eigenvalue weighted by molar-refractivity contribution is 4.88. The average molecular weight is 282 g/mol. The van der Waals surface area contributed by atoms with Crippen molar-refractivity contribution in [1.82, 2.24) is 19.6 Å². The lowest BCUT2D eigenvalue weighted by Gasteiger charge is -2.46. The molecule has 0 aromatic heterocycles. The first-order valence-electron chi connectivity index (χ1n) is 8.34. The second-order valence-corrected chi connectivity index (χ2v) is 7.16. The van der Waals surface area contributed by atoms with Crippen LogP contribution in [0.5, 0.6) is 0 Å². The van der Waals surface area contributed by atoms with Gasteiger partial charge >= 0.3 is 0 Å². The van der Waals surface area contributed by atoms with Gasteiger partial charge in [0.1, 0.15) is 0 Å². The third kappa shape index (κ3) is 4.17. The molecule has 0 spiro atoms. The lowest BCUT2D eigenvalue weighted by molar-refractivity contribution is 0.0215. The Bertz CT molecular complexity index is 280. The number of nitrogens with zero attached hydrogens (tertiary/aromatic N) is 4. The molecule has 0 aromatic carbocycles. The molecule has 2 aliphatic rings. The topological polar surface area (TPSA) is 13.0 Å². The highest BCUT2D eigenvalue weighted by Gasteiger charge is 2.31. The van der Waals surface area contributed by atoms with Crippen LogP contribution in [0.1, 0.15) is 27.2 Å². The SMILES string of the molecule is CC(C)N1CC(N(C)CCC(C)N2CCN(C)CC2)C1. The van der Waals surface area contributed by atoms with Crippen LogP contribution < -0.4 is 0 Å². The smallest absolute Gasteiger partial charge is 0.0347 e. The Morgan fingerprint density at radius 2 is 1.60 bits per heavy atom. The van der Waals surface area contributed by atoms with E-state index in [1.165, 1.54) is 52.2 Å². The molecular weight excluding hydrogens is 248 g/mol. The summed E-state index contributed by atoms with van der Waals surface area (Å²) in [5.74, 6) is 0. The molecular formula is C16H34N4. The number of hydrogen-bond acceptors (Lipinski definition) is 4. The van der Waals surface area contributed by atoms with Crippen molar-refractivity contribution in [2.45, 2.75) is 45.3 Å². The monoisotopic (exact) mass is 282 g/mol. The summed E-state index contributed by atoms with van der Waals surface area (Å²) in [5, 5.41) is 0. The van der Waals surface area contributed by atoms with Crippen molar-refractivity contribution >= 4 is 0 Å². The zero-order valence-electron chi connectivity index (χ0n) is 14.2. The molecule has 2 fully saturated rings. The van der Waals surface area contributed by atoms with Gasteiger partial charge in [-0.1, -0.05) is 0 Å². The van der Waals surface area contributed by atoms with Crippen molar-refractivity contribution in [2.75, 3.05) is 59.9 Å². The fourth-order valence-electron chi connectivity index (χ4n) is 3.21. The van der Waals surface area contributed by atoms with Gasteiger partial charge in [-0.3, -0.25) is 9.80 Å². The van der Waals surface area contributed by atoms with Crippen LogP contribution in [0.25, 0.3) is 0 Å². The zero-order chi connectivity index (χ0) is 14.7. The van der Waals surface area contributed by atoms with E-state index in [4.69, 9.17) is 0 Å². The predicted octanol–water partition coefficient (Wildman–Crippen LogP) is 1.04. The first-order chi connectivity index (χ1) is 9.47. The van der Waals surface area contributed by atoms with Crippen LogP contribution in [-0.2, 0) is 0 Å². The van der Waals surface area contributed by atoms with Gasteiger partial charge < -0.3 is 9.80 Å². The maximum Gasteiger partial charge on any atom is 0.0347 e. The van der Waals surface area contributed by atoms with E-state index in [2.05, 4.69) is 54.5 Å². The van der Waals surface area contributed by atoms with Gasteiger partial charge in [0.15, 0.2) is 0 Å². The van der Waals surface area contributed by atoms with Gasteiger partial charge in [-0.05, 0) is 47.8 Å². The van der Waals surface area contributed by atoms with E-state index in [1.807, 2.05) is 0 Å². The number of piperazine rings is 1. The lowest BCUT2D eigenvalue weighted by Crippen LogP contribution is -2.60. The van der Waals surface area contributed by atoms with Gasteiger partial charge in [0, 0.05) is 57.4 Å². The summed E-state index contributed by atoms with van der Waals surface area (Å²) in [6, 6.07) is 2.23. The minimum atomic E-state index is 0.712. The molecule has 1 atom stereocenters. The number of likely N-dealkylation sites (N-methyl/N-ethyl adjacent to an activating group) is 2. The fraction of sp³-hybridized carbons (Fsp3) is 1.00. The van der Waals surface area contributed by atoms with E-state index >= 15 is 0 Å². The summed E-state index contributed by atoms with van der Waals surface area (Å²) in [6.45, 7) is 15.7. The summed E-state index contributed by atoms with van der Waals surface area (Å²) in [7, 11) is 4.53. The molecule has 0 saturated carbocycles. The second-order valence-electron chi connectivity index (χ2n) is 7.16. The Balaban J connectivity index is 1.62. The number of likely N-dealkylation sites (tertiary alicyclic amines) is 1. The summed E-state index contributed by atoms with van der Waals surface area (Å²) < 4.78 is 0. The predicted molar refractivity (Wildman–Crippen MR) is 86.3 cm³/mol. The molecule has 2 saturated heterocycles. The summed E-state index contributed by atoms with van der Waals surface area (Å²) in [5.41, 5.74) is 0. The molecule has 4 nitrogen and oxygen atoms in total. The van der Waals surface area contributed by atoms with Crippen LogP contribution in [0.3, 0.4) is 0 Å². The van der Waals surface area contributed by atoms with E-state index in [0.29, 0.717) is 6.04 Å². The molecule has 0 aromatic rings. The maximum absolute atomic E-state index is 2.66. The first kappa shape index (κ1) is 16.2. The Kier molecular flexibility index (Phi) is 5.84. The largest absolute Gasteiger partial charge is 0.304 e. The van der Waals surface area contributed by atoms with Crippen LogP contribution in [0.4, 0.5) is 0 Å². The van der Waals surface area contributed by atoms with E-state index < -0.39 is 0 Å². The third-order valence-electron chi connectivity index (χ3n) is 5.30. The molecule has 0 bridgehead atoms. The fourth-order valence-corrected chi connectivity index (χ4v) is 3.21. The highest BCUT2D eigenvalue weighted by atomic mass is 15.3. The average Bonchev–Trinajstić information content (AvgIpc) is 2.34.